The molecule has 9 nitrogen and oxygen atoms in total. The van der Waals surface area contributed by atoms with Crippen LogP contribution in [0, 0.1) is 0 Å². The van der Waals surface area contributed by atoms with Gasteiger partial charge in [0.05, 0.1) is 39.6 Å². The number of likely N-dealkylation sites (N-methyl/N-ethyl adjacent to an activating group) is 1. The van der Waals surface area contributed by atoms with Crippen molar-refractivity contribution in [2.75, 3.05) is 55.1 Å². The standard InChI is InChI=1S/C27H34N2O7/c1-7-13-36-19-10-8-9-17(14-19)24(30)22-23(29(12-11-28(2)3)27(32)25(22)31)18-15-20(33-4)26(35-6)21(16-18)34-5/h8-10,14-16,23,30H,7,11-13H2,1-6H3. The molecule has 0 radical (unpaired) electrons. The van der Waals surface area contributed by atoms with Gasteiger partial charge in [0.15, 0.2) is 11.5 Å². The van der Waals surface area contributed by atoms with Gasteiger partial charge in [0.1, 0.15) is 11.5 Å². The highest BCUT2D eigenvalue weighted by molar-refractivity contribution is 6.46. The first-order valence-corrected chi connectivity index (χ1v) is 11.7. The third-order valence-corrected chi connectivity index (χ3v) is 5.91. The van der Waals surface area contributed by atoms with E-state index in [9.17, 15) is 14.7 Å². The SMILES string of the molecule is CCCOc1cccc(C(O)=C2C(=O)C(=O)N(CCN(C)C)C2c2cc(OC)c(OC)c(OC)c2)c1. The maximum Gasteiger partial charge on any atom is 0.295 e. The van der Waals surface area contributed by atoms with E-state index >= 15 is 0 Å². The van der Waals surface area contributed by atoms with Crippen LogP contribution in [0.25, 0.3) is 5.76 Å². The van der Waals surface area contributed by atoms with Gasteiger partial charge in [-0.2, -0.15) is 0 Å². The zero-order valence-corrected chi connectivity index (χ0v) is 21.7. The molecule has 1 aliphatic heterocycles. The number of methoxy groups -OCH3 is 3. The molecule has 9 heteroatoms. The van der Waals surface area contributed by atoms with E-state index in [0.29, 0.717) is 47.3 Å². The van der Waals surface area contributed by atoms with Crippen molar-refractivity contribution in [1.82, 2.24) is 9.80 Å². The summed E-state index contributed by atoms with van der Waals surface area (Å²) < 4.78 is 22.1. The van der Waals surface area contributed by atoms with Gasteiger partial charge >= 0.3 is 0 Å². The Labute approximate surface area is 211 Å². The summed E-state index contributed by atoms with van der Waals surface area (Å²) in [7, 11) is 8.24. The number of hydrogen-bond acceptors (Lipinski definition) is 8. The van der Waals surface area contributed by atoms with Crippen LogP contribution in [0.2, 0.25) is 0 Å². The summed E-state index contributed by atoms with van der Waals surface area (Å²) in [6.07, 6.45) is 0.828. The molecule has 1 N–H and O–H groups in total. The Hall–Kier alpha value is -3.72. The molecule has 1 amide bonds. The molecule has 1 unspecified atom stereocenters. The van der Waals surface area contributed by atoms with Gasteiger partial charge in [-0.15, -0.1) is 0 Å². The van der Waals surface area contributed by atoms with E-state index in [-0.39, 0.29) is 17.9 Å². The molecule has 1 atom stereocenters. The summed E-state index contributed by atoms with van der Waals surface area (Å²) in [6.45, 7) is 3.31. The number of benzene rings is 2. The van der Waals surface area contributed by atoms with Gasteiger partial charge in [0.2, 0.25) is 5.75 Å². The predicted molar refractivity (Wildman–Crippen MR) is 136 cm³/mol. The first-order valence-electron chi connectivity index (χ1n) is 11.7. The Morgan fingerprint density at radius 1 is 1.03 bits per heavy atom. The number of likely N-dealkylation sites (tertiary alicyclic amines) is 1. The number of carbonyl (C=O) groups is 2. The number of hydrogen-bond donors (Lipinski definition) is 1. The molecule has 1 saturated heterocycles. The van der Waals surface area contributed by atoms with Crippen molar-refractivity contribution in [1.29, 1.82) is 0 Å². The second kappa shape index (κ2) is 11.8. The molecule has 2 aromatic carbocycles. The third kappa shape index (κ3) is 5.41. The van der Waals surface area contributed by atoms with Crippen LogP contribution in [0.15, 0.2) is 42.0 Å². The molecule has 0 aromatic heterocycles. The van der Waals surface area contributed by atoms with Crippen LogP contribution in [-0.2, 0) is 9.59 Å². The monoisotopic (exact) mass is 498 g/mol. The minimum atomic E-state index is -0.862. The Kier molecular flexibility index (Phi) is 8.82. The second-order valence-corrected chi connectivity index (χ2v) is 8.63. The van der Waals surface area contributed by atoms with Crippen molar-refractivity contribution in [3.05, 3.63) is 53.1 Å². The van der Waals surface area contributed by atoms with Gasteiger partial charge in [-0.3, -0.25) is 9.59 Å². The number of ether oxygens (including phenoxy) is 4. The number of amides is 1. The molecular formula is C27H34N2O7. The fourth-order valence-corrected chi connectivity index (χ4v) is 4.13. The summed E-state index contributed by atoms with van der Waals surface area (Å²) >= 11 is 0. The van der Waals surface area contributed by atoms with Crippen molar-refractivity contribution in [2.45, 2.75) is 19.4 Å². The minimum Gasteiger partial charge on any atom is -0.507 e. The molecule has 0 saturated carbocycles. The lowest BCUT2D eigenvalue weighted by Gasteiger charge is -2.27. The van der Waals surface area contributed by atoms with E-state index in [0.717, 1.165) is 6.42 Å². The van der Waals surface area contributed by atoms with Gasteiger partial charge in [-0.25, -0.2) is 0 Å². The van der Waals surface area contributed by atoms with Crippen LogP contribution in [-0.4, -0.2) is 81.7 Å². The first-order chi connectivity index (χ1) is 17.3. The van der Waals surface area contributed by atoms with Crippen molar-refractivity contribution in [3.8, 4) is 23.0 Å². The second-order valence-electron chi connectivity index (χ2n) is 8.63. The highest BCUT2D eigenvalue weighted by atomic mass is 16.5. The van der Waals surface area contributed by atoms with Crippen LogP contribution in [0.3, 0.4) is 0 Å². The predicted octanol–water partition coefficient (Wildman–Crippen LogP) is 3.48. The van der Waals surface area contributed by atoms with Crippen molar-refractivity contribution >= 4 is 17.4 Å². The van der Waals surface area contributed by atoms with Gasteiger partial charge in [0, 0.05) is 18.7 Å². The van der Waals surface area contributed by atoms with E-state index < -0.39 is 17.7 Å². The van der Waals surface area contributed by atoms with Crippen molar-refractivity contribution in [2.24, 2.45) is 0 Å². The highest BCUT2D eigenvalue weighted by Gasteiger charge is 2.46. The zero-order valence-electron chi connectivity index (χ0n) is 21.7. The minimum absolute atomic E-state index is 0.0133. The molecule has 1 fully saturated rings. The quantitative estimate of drug-likeness (QED) is 0.286. The van der Waals surface area contributed by atoms with E-state index in [1.54, 1.807) is 36.4 Å². The molecule has 1 heterocycles. The number of nitrogens with zero attached hydrogens (tertiary/aromatic N) is 2. The molecule has 0 aliphatic carbocycles. The average Bonchev–Trinajstić information content (AvgIpc) is 3.14. The van der Waals surface area contributed by atoms with Crippen LogP contribution in [0.4, 0.5) is 0 Å². The lowest BCUT2D eigenvalue weighted by molar-refractivity contribution is -0.140. The average molecular weight is 499 g/mol. The number of aliphatic hydroxyl groups is 1. The van der Waals surface area contributed by atoms with Crippen LogP contribution in [0.5, 0.6) is 23.0 Å². The largest absolute Gasteiger partial charge is 0.507 e. The molecule has 36 heavy (non-hydrogen) atoms. The van der Waals surface area contributed by atoms with Crippen molar-refractivity contribution in [3.63, 3.8) is 0 Å². The van der Waals surface area contributed by atoms with Crippen molar-refractivity contribution < 1.29 is 33.6 Å². The van der Waals surface area contributed by atoms with Gasteiger partial charge in [0.25, 0.3) is 11.7 Å². The van der Waals surface area contributed by atoms with Gasteiger partial charge in [-0.05, 0) is 50.3 Å². The lowest BCUT2D eigenvalue weighted by Crippen LogP contribution is -2.35. The molecule has 1 aliphatic rings. The molecule has 194 valence electrons. The van der Waals surface area contributed by atoms with Crippen LogP contribution >= 0.6 is 0 Å². The fourth-order valence-electron chi connectivity index (χ4n) is 4.13. The first kappa shape index (κ1) is 26.9. The maximum absolute atomic E-state index is 13.3. The summed E-state index contributed by atoms with van der Waals surface area (Å²) in [5.41, 5.74) is 0.912. The Morgan fingerprint density at radius 2 is 1.69 bits per heavy atom. The maximum atomic E-state index is 13.3. The molecule has 0 spiro atoms. The van der Waals surface area contributed by atoms with E-state index in [2.05, 4.69) is 0 Å². The number of aliphatic hydroxyl groups excluding tert-OH is 1. The van der Waals surface area contributed by atoms with Gasteiger partial charge in [-0.1, -0.05) is 19.1 Å². The molecule has 3 rings (SSSR count). The summed E-state index contributed by atoms with van der Waals surface area (Å²) in [5, 5.41) is 11.4. The third-order valence-electron chi connectivity index (χ3n) is 5.91. The molecular weight excluding hydrogens is 464 g/mol. The van der Waals surface area contributed by atoms with E-state index in [1.165, 1.54) is 26.2 Å². The number of Topliss-reactive ketones (excluding diaryl/α,β-unsaturated/α-hetero) is 1. The Bertz CT molecular complexity index is 1120. The zero-order chi connectivity index (χ0) is 26.4. The Morgan fingerprint density at radius 3 is 2.25 bits per heavy atom. The highest BCUT2D eigenvalue weighted by Crippen LogP contribution is 2.45. The molecule has 0 bridgehead atoms. The topological polar surface area (TPSA) is 97.8 Å². The lowest BCUT2D eigenvalue weighted by atomic mass is 9.94. The summed E-state index contributed by atoms with van der Waals surface area (Å²) in [6, 6.07) is 9.36. The fraction of sp³-hybridized carbons (Fsp3) is 0.407. The summed E-state index contributed by atoms with van der Waals surface area (Å²) in [4.78, 5) is 29.9. The number of carbonyl (C=O) groups excluding carboxylic acids is 2. The number of rotatable bonds is 11. The smallest absolute Gasteiger partial charge is 0.295 e. The van der Waals surface area contributed by atoms with E-state index in [1.807, 2.05) is 25.9 Å². The van der Waals surface area contributed by atoms with Crippen LogP contribution in [0.1, 0.15) is 30.5 Å². The number of ketones is 1. The molecule has 2 aromatic rings. The summed E-state index contributed by atoms with van der Waals surface area (Å²) in [5.74, 6) is -0.0244. The van der Waals surface area contributed by atoms with E-state index in [4.69, 9.17) is 18.9 Å². The van der Waals surface area contributed by atoms with Gasteiger partial charge < -0.3 is 33.9 Å². The Balaban J connectivity index is 2.22. The van der Waals surface area contributed by atoms with Crippen LogP contribution < -0.4 is 18.9 Å². The normalized spacial score (nSPS) is 17.0.